The number of piperidine rings is 1. The molecule has 1 aromatic rings. The molecule has 1 fully saturated rings. The molecule has 1 aliphatic rings. The van der Waals surface area contributed by atoms with Crippen molar-refractivity contribution in [1.29, 1.82) is 0 Å². The van der Waals surface area contributed by atoms with Crippen LogP contribution in [0.1, 0.15) is 24.1 Å². The fraction of sp³-hybridized carbons (Fsp3) is 0.700. The summed E-state index contributed by atoms with van der Waals surface area (Å²) in [5.74, 6) is -0.152. The van der Waals surface area contributed by atoms with Crippen LogP contribution in [0.5, 0.6) is 0 Å². The Hall–Kier alpha value is -1.44. The lowest BCUT2D eigenvalue weighted by Crippen LogP contribution is -2.45. The second-order valence-electron chi connectivity index (χ2n) is 7.90. The van der Waals surface area contributed by atoms with Gasteiger partial charge in [-0.3, -0.25) is 9.59 Å². The highest BCUT2D eigenvalue weighted by molar-refractivity contribution is 7.10. The van der Waals surface area contributed by atoms with E-state index in [2.05, 4.69) is 30.9 Å². The first-order chi connectivity index (χ1) is 12.8. The Morgan fingerprint density at radius 2 is 2.00 bits per heavy atom. The van der Waals surface area contributed by atoms with E-state index in [-0.39, 0.29) is 24.2 Å². The SMILES string of the molecule is CN(C)CCN(C)CC[C@@H]1CN(C(=O)Cc2cccs2)CC[C@H]1CC(=O)O. The number of likely N-dealkylation sites (tertiary alicyclic amines) is 1. The van der Waals surface area contributed by atoms with Crippen LogP contribution in [0.3, 0.4) is 0 Å². The number of carboxylic acid groups (broad SMARTS) is 1. The van der Waals surface area contributed by atoms with E-state index < -0.39 is 5.97 Å². The smallest absolute Gasteiger partial charge is 0.303 e. The van der Waals surface area contributed by atoms with Crippen LogP contribution in [0, 0.1) is 11.8 Å². The van der Waals surface area contributed by atoms with Gasteiger partial charge in [-0.05, 0) is 63.8 Å². The van der Waals surface area contributed by atoms with Gasteiger partial charge in [-0.15, -0.1) is 11.3 Å². The van der Waals surface area contributed by atoms with E-state index in [4.69, 9.17) is 0 Å². The predicted octanol–water partition coefficient (Wildman–Crippen LogP) is 2.11. The lowest BCUT2D eigenvalue weighted by Gasteiger charge is -2.39. The Morgan fingerprint density at radius 1 is 1.22 bits per heavy atom. The summed E-state index contributed by atoms with van der Waals surface area (Å²) >= 11 is 1.61. The molecular formula is C20H33N3O3S. The van der Waals surface area contributed by atoms with Crippen LogP contribution in [-0.4, -0.2) is 85.5 Å². The summed E-state index contributed by atoms with van der Waals surface area (Å²) in [6.07, 6.45) is 2.38. The number of amides is 1. The monoisotopic (exact) mass is 395 g/mol. The number of carbonyl (C=O) groups excluding carboxylic acids is 1. The Morgan fingerprint density at radius 3 is 2.63 bits per heavy atom. The molecule has 152 valence electrons. The van der Waals surface area contributed by atoms with Crippen molar-refractivity contribution in [3.63, 3.8) is 0 Å². The summed E-state index contributed by atoms with van der Waals surface area (Å²) in [4.78, 5) is 31.4. The van der Waals surface area contributed by atoms with Gasteiger partial charge in [0, 0.05) is 37.5 Å². The number of hydrogen-bond acceptors (Lipinski definition) is 5. The highest BCUT2D eigenvalue weighted by atomic mass is 32.1. The van der Waals surface area contributed by atoms with E-state index >= 15 is 0 Å². The van der Waals surface area contributed by atoms with Crippen molar-refractivity contribution in [2.75, 3.05) is 53.9 Å². The molecule has 2 rings (SSSR count). The number of aliphatic carboxylic acids is 1. The Bertz CT molecular complexity index is 591. The topological polar surface area (TPSA) is 64.1 Å². The number of thiophene rings is 1. The molecule has 0 spiro atoms. The Labute approximate surface area is 166 Å². The van der Waals surface area contributed by atoms with Crippen molar-refractivity contribution < 1.29 is 14.7 Å². The summed E-state index contributed by atoms with van der Waals surface area (Å²) in [5, 5.41) is 11.3. The lowest BCUT2D eigenvalue weighted by molar-refractivity contribution is -0.139. The van der Waals surface area contributed by atoms with Crippen LogP contribution in [0.15, 0.2) is 17.5 Å². The normalized spacial score (nSPS) is 20.4. The fourth-order valence-corrected chi connectivity index (χ4v) is 4.37. The summed E-state index contributed by atoms with van der Waals surface area (Å²) in [5.41, 5.74) is 0. The third-order valence-electron chi connectivity index (χ3n) is 5.40. The Kier molecular flexibility index (Phi) is 8.73. The molecule has 1 aromatic heterocycles. The molecule has 6 nitrogen and oxygen atoms in total. The van der Waals surface area contributed by atoms with E-state index in [9.17, 15) is 14.7 Å². The molecular weight excluding hydrogens is 362 g/mol. The zero-order valence-corrected chi connectivity index (χ0v) is 17.6. The van der Waals surface area contributed by atoms with Gasteiger partial charge in [0.15, 0.2) is 0 Å². The first-order valence-corrected chi connectivity index (χ1v) is 10.6. The maximum absolute atomic E-state index is 12.7. The zero-order chi connectivity index (χ0) is 19.8. The third kappa shape index (κ3) is 7.60. The van der Waals surface area contributed by atoms with E-state index in [1.165, 1.54) is 0 Å². The summed E-state index contributed by atoms with van der Waals surface area (Å²) < 4.78 is 0. The van der Waals surface area contributed by atoms with E-state index in [0.29, 0.717) is 19.5 Å². The molecule has 27 heavy (non-hydrogen) atoms. The maximum atomic E-state index is 12.7. The van der Waals surface area contributed by atoms with E-state index in [1.54, 1.807) is 11.3 Å². The molecule has 0 aromatic carbocycles. The van der Waals surface area contributed by atoms with Crippen LogP contribution >= 0.6 is 11.3 Å². The molecule has 1 N–H and O–H groups in total. The average molecular weight is 396 g/mol. The molecule has 1 aliphatic heterocycles. The molecule has 0 unspecified atom stereocenters. The zero-order valence-electron chi connectivity index (χ0n) is 16.8. The largest absolute Gasteiger partial charge is 0.481 e. The highest BCUT2D eigenvalue weighted by Gasteiger charge is 2.32. The second-order valence-corrected chi connectivity index (χ2v) is 8.93. The van der Waals surface area contributed by atoms with Crippen LogP contribution in [0.4, 0.5) is 0 Å². The molecule has 1 saturated heterocycles. The van der Waals surface area contributed by atoms with Crippen molar-refractivity contribution in [3.05, 3.63) is 22.4 Å². The van der Waals surface area contributed by atoms with Crippen molar-refractivity contribution in [1.82, 2.24) is 14.7 Å². The summed E-state index contributed by atoms with van der Waals surface area (Å²) in [7, 11) is 6.24. The molecule has 1 amide bonds. The van der Waals surface area contributed by atoms with Crippen molar-refractivity contribution in [2.24, 2.45) is 11.8 Å². The van der Waals surface area contributed by atoms with Gasteiger partial charge in [0.1, 0.15) is 0 Å². The average Bonchev–Trinajstić information content (AvgIpc) is 3.11. The molecule has 0 saturated carbocycles. The molecule has 2 heterocycles. The molecule has 0 radical (unpaired) electrons. The molecule has 2 atom stereocenters. The van der Waals surface area contributed by atoms with Crippen molar-refractivity contribution >= 4 is 23.2 Å². The molecule has 0 bridgehead atoms. The minimum atomic E-state index is -0.732. The number of carboxylic acids is 1. The summed E-state index contributed by atoms with van der Waals surface area (Å²) in [6.45, 7) is 4.29. The minimum Gasteiger partial charge on any atom is -0.481 e. The number of hydrogen-bond donors (Lipinski definition) is 1. The number of nitrogens with zero attached hydrogens (tertiary/aromatic N) is 3. The van der Waals surface area contributed by atoms with Gasteiger partial charge in [0.05, 0.1) is 6.42 Å². The first kappa shape index (κ1) is 21.9. The fourth-order valence-electron chi connectivity index (χ4n) is 3.67. The number of carbonyl (C=O) groups is 2. The van der Waals surface area contributed by atoms with Gasteiger partial charge in [-0.25, -0.2) is 0 Å². The van der Waals surface area contributed by atoms with E-state index in [1.807, 2.05) is 22.4 Å². The second kappa shape index (κ2) is 10.8. The van der Waals surface area contributed by atoms with E-state index in [0.717, 1.165) is 37.4 Å². The van der Waals surface area contributed by atoms with Crippen LogP contribution in [0.25, 0.3) is 0 Å². The van der Waals surface area contributed by atoms with Crippen LogP contribution < -0.4 is 0 Å². The quantitative estimate of drug-likeness (QED) is 0.657. The maximum Gasteiger partial charge on any atom is 0.303 e. The third-order valence-corrected chi connectivity index (χ3v) is 6.27. The predicted molar refractivity (Wildman–Crippen MR) is 109 cm³/mol. The number of likely N-dealkylation sites (N-methyl/N-ethyl adjacent to an activating group) is 2. The first-order valence-electron chi connectivity index (χ1n) is 9.70. The van der Waals surface area contributed by atoms with Gasteiger partial charge in [-0.1, -0.05) is 6.07 Å². The number of rotatable bonds is 10. The standard InChI is InChI=1S/C20H33N3O3S/c1-21(2)10-11-22(3)8-6-17-15-23(9-7-16(17)13-20(25)26)19(24)14-18-5-4-12-27-18/h4-5,12,16-17H,6-11,13-15H2,1-3H3,(H,25,26)/t16-,17+/m0/s1. The molecule has 7 heteroatoms. The van der Waals surface area contributed by atoms with Crippen LogP contribution in [0.2, 0.25) is 0 Å². The van der Waals surface area contributed by atoms with Gasteiger partial charge < -0.3 is 19.8 Å². The molecule has 0 aliphatic carbocycles. The van der Waals surface area contributed by atoms with Gasteiger partial charge in [0.2, 0.25) is 5.91 Å². The van der Waals surface area contributed by atoms with Crippen molar-refractivity contribution in [3.8, 4) is 0 Å². The van der Waals surface area contributed by atoms with Crippen LogP contribution in [-0.2, 0) is 16.0 Å². The van der Waals surface area contributed by atoms with Gasteiger partial charge >= 0.3 is 5.97 Å². The van der Waals surface area contributed by atoms with Gasteiger partial charge in [-0.2, -0.15) is 0 Å². The highest BCUT2D eigenvalue weighted by Crippen LogP contribution is 2.30. The van der Waals surface area contributed by atoms with Gasteiger partial charge in [0.25, 0.3) is 0 Å². The lowest BCUT2D eigenvalue weighted by atomic mass is 9.81. The summed E-state index contributed by atoms with van der Waals surface area (Å²) in [6, 6.07) is 3.97. The minimum absolute atomic E-state index is 0.163. The van der Waals surface area contributed by atoms with Crippen molar-refractivity contribution in [2.45, 2.75) is 25.7 Å². The Balaban J connectivity index is 1.91.